The number of cyclic esters (lactones) is 1. The largest absolute Gasteiger partial charge is 0.465 e. The summed E-state index contributed by atoms with van der Waals surface area (Å²) in [6, 6.07) is 10.3. The smallest absolute Gasteiger partial charge is 0.315 e. The normalized spacial score (nSPS) is 22.1. The Morgan fingerprint density at radius 3 is 2.86 bits per heavy atom. The third kappa shape index (κ3) is 2.68. The fraction of sp³-hybridized carbons (Fsp3) is 0.333. The lowest BCUT2D eigenvalue weighted by Gasteiger charge is -2.12. The lowest BCUT2D eigenvalue weighted by atomic mass is 9.88. The van der Waals surface area contributed by atoms with E-state index in [1.54, 1.807) is 0 Å². The van der Waals surface area contributed by atoms with Crippen LogP contribution in [-0.4, -0.2) is 17.6 Å². The van der Waals surface area contributed by atoms with Gasteiger partial charge in [-0.3, -0.25) is 9.78 Å². The standard InChI is InChI=1S/C18H19NO2/c1-3-15-7-6-14-5-4-13(12-16(14)19-15)8-9-18(2)10-11-21-17(18)20/h4-9,12H,3,10-11H2,1-2H3/b9-8+. The van der Waals surface area contributed by atoms with E-state index < -0.39 is 5.41 Å². The molecule has 0 saturated carbocycles. The Balaban J connectivity index is 1.92. The highest BCUT2D eigenvalue weighted by molar-refractivity contribution is 5.83. The number of pyridine rings is 1. The third-order valence-electron chi connectivity index (χ3n) is 4.10. The van der Waals surface area contributed by atoms with Crippen molar-refractivity contribution in [1.82, 2.24) is 4.98 Å². The minimum absolute atomic E-state index is 0.133. The zero-order valence-electron chi connectivity index (χ0n) is 12.4. The van der Waals surface area contributed by atoms with E-state index in [-0.39, 0.29) is 5.97 Å². The van der Waals surface area contributed by atoms with E-state index in [1.165, 1.54) is 0 Å². The maximum Gasteiger partial charge on any atom is 0.315 e. The highest BCUT2D eigenvalue weighted by atomic mass is 16.5. The molecule has 0 radical (unpaired) electrons. The van der Waals surface area contributed by atoms with Gasteiger partial charge in [0.05, 0.1) is 17.5 Å². The molecule has 1 aliphatic rings. The molecule has 0 aliphatic carbocycles. The summed E-state index contributed by atoms with van der Waals surface area (Å²) in [6.45, 7) is 4.54. The number of esters is 1. The molecule has 2 heterocycles. The van der Waals surface area contributed by atoms with Gasteiger partial charge in [-0.25, -0.2) is 0 Å². The predicted octanol–water partition coefficient (Wildman–Crippen LogP) is 3.76. The number of fused-ring (bicyclic) bond motifs is 1. The minimum atomic E-state index is -0.492. The first-order valence-corrected chi connectivity index (χ1v) is 7.37. The molecule has 108 valence electrons. The Morgan fingerprint density at radius 2 is 2.14 bits per heavy atom. The molecule has 1 unspecified atom stereocenters. The van der Waals surface area contributed by atoms with Crippen LogP contribution in [0.25, 0.3) is 17.0 Å². The van der Waals surface area contributed by atoms with Crippen LogP contribution in [0.5, 0.6) is 0 Å². The molecule has 1 aliphatic heterocycles. The van der Waals surface area contributed by atoms with Crippen LogP contribution < -0.4 is 0 Å². The maximum absolute atomic E-state index is 11.7. The molecule has 2 aromatic rings. The Labute approximate surface area is 124 Å². The second-order valence-corrected chi connectivity index (χ2v) is 5.75. The summed E-state index contributed by atoms with van der Waals surface area (Å²) in [6.07, 6.45) is 5.62. The van der Waals surface area contributed by atoms with Crippen LogP contribution in [0.2, 0.25) is 0 Å². The molecule has 1 saturated heterocycles. The van der Waals surface area contributed by atoms with Crippen molar-refractivity contribution in [2.45, 2.75) is 26.7 Å². The predicted molar refractivity (Wildman–Crippen MR) is 83.8 cm³/mol. The summed E-state index contributed by atoms with van der Waals surface area (Å²) in [5, 5.41) is 1.14. The topological polar surface area (TPSA) is 39.2 Å². The lowest BCUT2D eigenvalue weighted by molar-refractivity contribution is -0.143. The van der Waals surface area contributed by atoms with Crippen LogP contribution in [0.4, 0.5) is 0 Å². The maximum atomic E-state index is 11.7. The minimum Gasteiger partial charge on any atom is -0.465 e. The van der Waals surface area contributed by atoms with Crippen LogP contribution in [0.3, 0.4) is 0 Å². The monoisotopic (exact) mass is 281 g/mol. The van der Waals surface area contributed by atoms with Crippen molar-refractivity contribution in [2.24, 2.45) is 5.41 Å². The van der Waals surface area contributed by atoms with Crippen molar-refractivity contribution in [1.29, 1.82) is 0 Å². The van der Waals surface area contributed by atoms with Gasteiger partial charge in [0.25, 0.3) is 0 Å². The zero-order chi connectivity index (χ0) is 14.9. The van der Waals surface area contributed by atoms with E-state index >= 15 is 0 Å². The number of aryl methyl sites for hydroxylation is 1. The molecule has 0 amide bonds. The molecule has 21 heavy (non-hydrogen) atoms. The zero-order valence-corrected chi connectivity index (χ0v) is 12.4. The summed E-state index contributed by atoms with van der Waals surface area (Å²) in [5.41, 5.74) is 2.66. The Morgan fingerprint density at radius 1 is 1.33 bits per heavy atom. The summed E-state index contributed by atoms with van der Waals surface area (Å²) < 4.78 is 5.05. The van der Waals surface area contributed by atoms with E-state index in [4.69, 9.17) is 4.74 Å². The number of nitrogens with zero attached hydrogens (tertiary/aromatic N) is 1. The van der Waals surface area contributed by atoms with Crippen LogP contribution in [0.15, 0.2) is 36.4 Å². The van der Waals surface area contributed by atoms with Crippen molar-refractivity contribution in [3.63, 3.8) is 0 Å². The number of rotatable bonds is 3. The van der Waals surface area contributed by atoms with Gasteiger partial charge >= 0.3 is 5.97 Å². The molecule has 0 spiro atoms. The van der Waals surface area contributed by atoms with E-state index in [9.17, 15) is 4.79 Å². The highest BCUT2D eigenvalue weighted by Gasteiger charge is 2.37. The van der Waals surface area contributed by atoms with Gasteiger partial charge in [-0.15, -0.1) is 0 Å². The molecule has 3 heteroatoms. The molecule has 3 rings (SSSR count). The third-order valence-corrected chi connectivity index (χ3v) is 4.10. The van der Waals surface area contributed by atoms with Gasteiger partial charge < -0.3 is 4.74 Å². The van der Waals surface area contributed by atoms with Gasteiger partial charge in [0.1, 0.15) is 0 Å². The first kappa shape index (κ1) is 13.8. The second kappa shape index (κ2) is 5.32. The number of ether oxygens (including phenoxy) is 1. The van der Waals surface area contributed by atoms with E-state index in [2.05, 4.69) is 42.2 Å². The fourth-order valence-electron chi connectivity index (χ4n) is 2.53. The molecular formula is C18H19NO2. The first-order valence-electron chi connectivity index (χ1n) is 7.37. The SMILES string of the molecule is CCc1ccc2ccc(/C=C/C3(C)CCOC3=O)cc2n1. The van der Waals surface area contributed by atoms with E-state index in [0.717, 1.165) is 35.0 Å². The van der Waals surface area contributed by atoms with Crippen molar-refractivity contribution >= 4 is 22.9 Å². The van der Waals surface area contributed by atoms with E-state index in [0.29, 0.717) is 6.61 Å². The van der Waals surface area contributed by atoms with Crippen LogP contribution in [-0.2, 0) is 16.0 Å². The number of hydrogen-bond donors (Lipinski definition) is 0. The Hall–Kier alpha value is -2.16. The van der Waals surface area contributed by atoms with Gasteiger partial charge in [-0.1, -0.05) is 37.3 Å². The molecule has 0 N–H and O–H groups in total. The number of carbonyl (C=O) groups excluding carboxylic acids is 1. The molecule has 1 aromatic carbocycles. The fourth-order valence-corrected chi connectivity index (χ4v) is 2.53. The summed E-state index contributed by atoms with van der Waals surface area (Å²) in [5.74, 6) is -0.133. The molecule has 1 atom stereocenters. The summed E-state index contributed by atoms with van der Waals surface area (Å²) >= 11 is 0. The van der Waals surface area contributed by atoms with Crippen molar-refractivity contribution in [3.8, 4) is 0 Å². The highest BCUT2D eigenvalue weighted by Crippen LogP contribution is 2.31. The molecule has 1 fully saturated rings. The number of benzene rings is 1. The Bertz CT molecular complexity index is 720. The first-order chi connectivity index (χ1) is 10.1. The average Bonchev–Trinajstić information content (AvgIpc) is 2.84. The average molecular weight is 281 g/mol. The van der Waals surface area contributed by atoms with Gasteiger partial charge in [0.15, 0.2) is 0 Å². The van der Waals surface area contributed by atoms with Gasteiger partial charge in [0.2, 0.25) is 0 Å². The summed E-state index contributed by atoms with van der Waals surface area (Å²) in [7, 11) is 0. The van der Waals surface area contributed by atoms with Gasteiger partial charge in [-0.2, -0.15) is 0 Å². The van der Waals surface area contributed by atoms with Crippen molar-refractivity contribution in [2.75, 3.05) is 6.61 Å². The van der Waals surface area contributed by atoms with Crippen LogP contribution in [0, 0.1) is 5.41 Å². The van der Waals surface area contributed by atoms with Crippen LogP contribution in [0.1, 0.15) is 31.5 Å². The number of hydrogen-bond acceptors (Lipinski definition) is 3. The van der Waals surface area contributed by atoms with Gasteiger partial charge in [-0.05, 0) is 31.0 Å². The Kier molecular flexibility index (Phi) is 3.50. The van der Waals surface area contributed by atoms with E-state index in [1.807, 2.05) is 19.1 Å². The number of aromatic nitrogens is 1. The molecule has 3 nitrogen and oxygen atoms in total. The number of carbonyl (C=O) groups is 1. The lowest BCUT2D eigenvalue weighted by Crippen LogP contribution is -2.18. The van der Waals surface area contributed by atoms with Crippen molar-refractivity contribution in [3.05, 3.63) is 47.7 Å². The van der Waals surface area contributed by atoms with Crippen LogP contribution >= 0.6 is 0 Å². The second-order valence-electron chi connectivity index (χ2n) is 5.75. The quantitative estimate of drug-likeness (QED) is 0.804. The molecule has 0 bridgehead atoms. The summed E-state index contributed by atoms with van der Waals surface area (Å²) in [4.78, 5) is 16.4. The molecular weight excluding hydrogens is 262 g/mol. The van der Waals surface area contributed by atoms with Gasteiger partial charge in [0, 0.05) is 17.5 Å². The molecule has 1 aromatic heterocycles. The van der Waals surface area contributed by atoms with Crippen molar-refractivity contribution < 1.29 is 9.53 Å².